The summed E-state index contributed by atoms with van der Waals surface area (Å²) in [6.45, 7) is 5.30. The largest absolute Gasteiger partial charge is 0.350 e. The molecule has 0 heterocycles. The minimum atomic E-state index is -0.578. The van der Waals surface area contributed by atoms with E-state index in [9.17, 15) is 14.0 Å². The van der Waals surface area contributed by atoms with Gasteiger partial charge in [-0.2, -0.15) is 0 Å². The predicted octanol–water partition coefficient (Wildman–Crippen LogP) is 1.60. The van der Waals surface area contributed by atoms with Crippen molar-refractivity contribution < 1.29 is 14.0 Å². The molecule has 0 saturated heterocycles. The Morgan fingerprint density at radius 1 is 1.32 bits per heavy atom. The summed E-state index contributed by atoms with van der Waals surface area (Å²) in [7, 11) is 0. The molecule has 0 aliphatic carbocycles. The maximum atomic E-state index is 13.0. The van der Waals surface area contributed by atoms with E-state index in [4.69, 9.17) is 0 Å². The Morgan fingerprint density at radius 2 is 2.00 bits per heavy atom. The van der Waals surface area contributed by atoms with Crippen LogP contribution in [0.15, 0.2) is 24.3 Å². The van der Waals surface area contributed by atoms with Crippen molar-refractivity contribution in [2.24, 2.45) is 5.92 Å². The summed E-state index contributed by atoms with van der Waals surface area (Å²) < 4.78 is 13.0. The highest BCUT2D eigenvalue weighted by atomic mass is 19.1. The SMILES string of the molecule is CC(=O)NC(C(=O)NCc1cccc(F)c1)C(C)C. The van der Waals surface area contributed by atoms with Gasteiger partial charge in [0.15, 0.2) is 0 Å². The lowest BCUT2D eigenvalue weighted by Gasteiger charge is -2.20. The lowest BCUT2D eigenvalue weighted by Crippen LogP contribution is -2.48. The van der Waals surface area contributed by atoms with Gasteiger partial charge in [-0.05, 0) is 23.6 Å². The summed E-state index contributed by atoms with van der Waals surface area (Å²) >= 11 is 0. The van der Waals surface area contributed by atoms with Gasteiger partial charge in [0.2, 0.25) is 11.8 Å². The van der Waals surface area contributed by atoms with E-state index in [-0.39, 0.29) is 30.1 Å². The minimum absolute atomic E-state index is 0.0172. The average Bonchev–Trinajstić information content (AvgIpc) is 2.32. The third kappa shape index (κ3) is 5.07. The second kappa shape index (κ2) is 6.87. The highest BCUT2D eigenvalue weighted by Gasteiger charge is 2.22. The average molecular weight is 266 g/mol. The third-order valence-electron chi connectivity index (χ3n) is 2.66. The van der Waals surface area contributed by atoms with Crippen molar-refractivity contribution >= 4 is 11.8 Å². The molecule has 1 rings (SSSR count). The van der Waals surface area contributed by atoms with Crippen LogP contribution in [0.3, 0.4) is 0 Å². The molecule has 0 spiro atoms. The zero-order valence-corrected chi connectivity index (χ0v) is 11.4. The highest BCUT2D eigenvalue weighted by Crippen LogP contribution is 2.05. The number of carbonyl (C=O) groups excluding carboxylic acids is 2. The fourth-order valence-corrected chi connectivity index (χ4v) is 1.70. The van der Waals surface area contributed by atoms with Gasteiger partial charge in [-0.15, -0.1) is 0 Å². The lowest BCUT2D eigenvalue weighted by molar-refractivity contribution is -0.129. The normalized spacial score (nSPS) is 12.1. The minimum Gasteiger partial charge on any atom is -0.350 e. The molecule has 4 nitrogen and oxygen atoms in total. The molecule has 0 saturated carbocycles. The van der Waals surface area contributed by atoms with Gasteiger partial charge in [-0.1, -0.05) is 26.0 Å². The molecule has 1 aromatic carbocycles. The molecule has 0 aliphatic heterocycles. The van der Waals surface area contributed by atoms with Crippen LogP contribution in [-0.2, 0) is 16.1 Å². The van der Waals surface area contributed by atoms with Gasteiger partial charge >= 0.3 is 0 Å². The summed E-state index contributed by atoms with van der Waals surface area (Å²) in [5.41, 5.74) is 0.679. The standard InChI is InChI=1S/C14H19FN2O2/c1-9(2)13(17-10(3)18)14(19)16-8-11-5-4-6-12(15)7-11/h4-7,9,13H,8H2,1-3H3,(H,16,19)(H,17,18). The number of carbonyl (C=O) groups is 2. The van der Waals surface area contributed by atoms with Crippen molar-refractivity contribution in [2.45, 2.75) is 33.4 Å². The summed E-state index contributed by atoms with van der Waals surface area (Å²) in [5, 5.41) is 5.29. The van der Waals surface area contributed by atoms with E-state index in [2.05, 4.69) is 10.6 Å². The first kappa shape index (κ1) is 15.1. The molecular formula is C14H19FN2O2. The molecule has 2 N–H and O–H groups in total. The first-order chi connectivity index (χ1) is 8.90. The number of hydrogen-bond donors (Lipinski definition) is 2. The van der Waals surface area contributed by atoms with E-state index >= 15 is 0 Å². The zero-order valence-electron chi connectivity index (χ0n) is 11.4. The van der Waals surface area contributed by atoms with Crippen LogP contribution >= 0.6 is 0 Å². The molecule has 1 aromatic rings. The molecule has 0 aromatic heterocycles. The Labute approximate surface area is 112 Å². The zero-order chi connectivity index (χ0) is 14.4. The van der Waals surface area contributed by atoms with Gasteiger partial charge in [0.05, 0.1) is 0 Å². The van der Waals surface area contributed by atoms with Crippen LogP contribution in [0.5, 0.6) is 0 Å². The van der Waals surface area contributed by atoms with E-state index in [1.165, 1.54) is 19.1 Å². The Kier molecular flexibility index (Phi) is 5.48. The molecule has 1 unspecified atom stereocenters. The molecule has 0 bridgehead atoms. The van der Waals surface area contributed by atoms with Crippen LogP contribution in [0.1, 0.15) is 26.3 Å². The summed E-state index contributed by atoms with van der Waals surface area (Å²) in [4.78, 5) is 23.0. The van der Waals surface area contributed by atoms with Gasteiger partial charge in [0.25, 0.3) is 0 Å². The highest BCUT2D eigenvalue weighted by molar-refractivity contribution is 5.86. The van der Waals surface area contributed by atoms with Gasteiger partial charge in [-0.3, -0.25) is 9.59 Å². The maximum Gasteiger partial charge on any atom is 0.243 e. The van der Waals surface area contributed by atoms with Crippen molar-refractivity contribution in [3.63, 3.8) is 0 Å². The number of nitrogens with one attached hydrogen (secondary N) is 2. The van der Waals surface area contributed by atoms with E-state index in [0.717, 1.165) is 0 Å². The fraction of sp³-hybridized carbons (Fsp3) is 0.429. The first-order valence-electron chi connectivity index (χ1n) is 6.19. The van der Waals surface area contributed by atoms with Gasteiger partial charge in [-0.25, -0.2) is 4.39 Å². The summed E-state index contributed by atoms with van der Waals surface area (Å²) in [6.07, 6.45) is 0. The number of amides is 2. The maximum absolute atomic E-state index is 13.0. The Morgan fingerprint density at radius 3 is 2.53 bits per heavy atom. The molecule has 0 radical (unpaired) electrons. The molecule has 1 atom stereocenters. The first-order valence-corrected chi connectivity index (χ1v) is 6.19. The van der Waals surface area contributed by atoms with Crippen LogP contribution in [-0.4, -0.2) is 17.9 Å². The van der Waals surface area contributed by atoms with Crippen molar-refractivity contribution in [2.75, 3.05) is 0 Å². The third-order valence-corrected chi connectivity index (χ3v) is 2.66. The number of halogens is 1. The van der Waals surface area contributed by atoms with E-state index in [0.29, 0.717) is 5.56 Å². The molecule has 0 aliphatic rings. The van der Waals surface area contributed by atoms with Crippen molar-refractivity contribution in [3.8, 4) is 0 Å². The van der Waals surface area contributed by atoms with Crippen LogP contribution in [0.25, 0.3) is 0 Å². The Balaban J connectivity index is 2.59. The lowest BCUT2D eigenvalue weighted by atomic mass is 10.0. The Bertz CT molecular complexity index is 461. The van der Waals surface area contributed by atoms with E-state index < -0.39 is 6.04 Å². The fourth-order valence-electron chi connectivity index (χ4n) is 1.70. The van der Waals surface area contributed by atoms with Gasteiger partial charge in [0, 0.05) is 13.5 Å². The predicted molar refractivity (Wildman–Crippen MR) is 70.7 cm³/mol. The van der Waals surface area contributed by atoms with Crippen molar-refractivity contribution in [1.29, 1.82) is 0 Å². The van der Waals surface area contributed by atoms with Crippen LogP contribution in [0, 0.1) is 11.7 Å². The van der Waals surface area contributed by atoms with Crippen LogP contribution in [0.2, 0.25) is 0 Å². The van der Waals surface area contributed by atoms with Crippen LogP contribution < -0.4 is 10.6 Å². The summed E-state index contributed by atoms with van der Waals surface area (Å²) in [6, 6.07) is 5.45. The van der Waals surface area contributed by atoms with E-state index in [1.807, 2.05) is 13.8 Å². The molecule has 5 heteroatoms. The van der Waals surface area contributed by atoms with Crippen molar-refractivity contribution in [3.05, 3.63) is 35.6 Å². The van der Waals surface area contributed by atoms with E-state index in [1.54, 1.807) is 12.1 Å². The monoisotopic (exact) mass is 266 g/mol. The molecule has 2 amide bonds. The Hall–Kier alpha value is -1.91. The molecule has 104 valence electrons. The topological polar surface area (TPSA) is 58.2 Å². The molecule has 0 fully saturated rings. The molecular weight excluding hydrogens is 247 g/mol. The van der Waals surface area contributed by atoms with Crippen LogP contribution in [0.4, 0.5) is 4.39 Å². The quantitative estimate of drug-likeness (QED) is 0.850. The van der Waals surface area contributed by atoms with Crippen molar-refractivity contribution in [1.82, 2.24) is 10.6 Å². The number of hydrogen-bond acceptors (Lipinski definition) is 2. The molecule has 19 heavy (non-hydrogen) atoms. The second-order valence-corrected chi connectivity index (χ2v) is 4.77. The van der Waals surface area contributed by atoms with Gasteiger partial charge < -0.3 is 10.6 Å². The second-order valence-electron chi connectivity index (χ2n) is 4.77. The van der Waals surface area contributed by atoms with Gasteiger partial charge in [0.1, 0.15) is 11.9 Å². The number of benzene rings is 1. The number of rotatable bonds is 5. The summed E-state index contributed by atoms with van der Waals surface area (Å²) in [5.74, 6) is -0.875. The smallest absolute Gasteiger partial charge is 0.243 e.